The SMILES string of the molecule is Fc1ccc(F)c(C(Cl)Cc2ccc(F)c(F)c2)c1. The van der Waals surface area contributed by atoms with Crippen molar-refractivity contribution >= 4 is 11.6 Å². The fourth-order valence-corrected chi connectivity index (χ4v) is 2.08. The molecule has 0 nitrogen and oxygen atoms in total. The van der Waals surface area contributed by atoms with Gasteiger partial charge in [-0.1, -0.05) is 6.07 Å². The Kier molecular flexibility index (Phi) is 4.10. The largest absolute Gasteiger partial charge is 0.207 e. The van der Waals surface area contributed by atoms with Crippen molar-refractivity contribution in [2.45, 2.75) is 11.8 Å². The summed E-state index contributed by atoms with van der Waals surface area (Å²) in [6.07, 6.45) is 0.0686. The molecule has 0 N–H and O–H groups in total. The van der Waals surface area contributed by atoms with Gasteiger partial charge in [-0.15, -0.1) is 11.6 Å². The van der Waals surface area contributed by atoms with E-state index >= 15 is 0 Å². The quantitative estimate of drug-likeness (QED) is 0.564. The van der Waals surface area contributed by atoms with Gasteiger partial charge in [0.25, 0.3) is 0 Å². The number of hydrogen-bond acceptors (Lipinski definition) is 0. The van der Waals surface area contributed by atoms with Crippen molar-refractivity contribution in [1.29, 1.82) is 0 Å². The van der Waals surface area contributed by atoms with Crippen LogP contribution in [0.3, 0.4) is 0 Å². The summed E-state index contributed by atoms with van der Waals surface area (Å²) in [6.45, 7) is 0. The minimum absolute atomic E-state index is 0.00796. The van der Waals surface area contributed by atoms with Crippen LogP contribution in [0, 0.1) is 23.3 Å². The lowest BCUT2D eigenvalue weighted by atomic mass is 10.0. The molecule has 2 rings (SSSR count). The lowest BCUT2D eigenvalue weighted by Gasteiger charge is -2.11. The number of benzene rings is 2. The normalized spacial score (nSPS) is 12.5. The number of halogens is 5. The Morgan fingerprint density at radius 1 is 0.842 bits per heavy atom. The number of rotatable bonds is 3. The average Bonchev–Trinajstić information content (AvgIpc) is 2.36. The van der Waals surface area contributed by atoms with Gasteiger partial charge in [-0.05, 0) is 42.3 Å². The third kappa shape index (κ3) is 3.26. The predicted octanol–water partition coefficient (Wildman–Crippen LogP) is 4.77. The molecule has 0 aliphatic heterocycles. The third-order valence-corrected chi connectivity index (χ3v) is 3.08. The van der Waals surface area contributed by atoms with Crippen LogP contribution in [0.4, 0.5) is 17.6 Å². The molecule has 0 amide bonds. The first-order chi connectivity index (χ1) is 8.97. The van der Waals surface area contributed by atoms with E-state index in [1.807, 2.05) is 0 Å². The molecule has 0 bridgehead atoms. The van der Waals surface area contributed by atoms with Gasteiger partial charge in [0, 0.05) is 5.56 Å². The maximum absolute atomic E-state index is 13.5. The van der Waals surface area contributed by atoms with Gasteiger partial charge in [0.15, 0.2) is 11.6 Å². The molecule has 0 aromatic heterocycles. The van der Waals surface area contributed by atoms with Gasteiger partial charge in [-0.2, -0.15) is 0 Å². The smallest absolute Gasteiger partial charge is 0.159 e. The summed E-state index contributed by atoms with van der Waals surface area (Å²) in [4.78, 5) is 0. The monoisotopic (exact) mass is 288 g/mol. The molecule has 1 atom stereocenters. The Balaban J connectivity index is 2.22. The highest BCUT2D eigenvalue weighted by Gasteiger charge is 2.15. The topological polar surface area (TPSA) is 0 Å². The molecule has 0 aliphatic rings. The van der Waals surface area contributed by atoms with Gasteiger partial charge < -0.3 is 0 Å². The first-order valence-corrected chi connectivity index (χ1v) is 5.94. The zero-order valence-electron chi connectivity index (χ0n) is 9.64. The van der Waals surface area contributed by atoms with Gasteiger partial charge >= 0.3 is 0 Å². The van der Waals surface area contributed by atoms with Gasteiger partial charge in [0.1, 0.15) is 11.6 Å². The van der Waals surface area contributed by atoms with Gasteiger partial charge in [-0.25, -0.2) is 17.6 Å². The van der Waals surface area contributed by atoms with E-state index in [1.165, 1.54) is 6.07 Å². The molecule has 0 heterocycles. The van der Waals surface area contributed by atoms with Crippen LogP contribution in [0.25, 0.3) is 0 Å². The van der Waals surface area contributed by atoms with Crippen LogP contribution in [0.5, 0.6) is 0 Å². The van der Waals surface area contributed by atoms with Crippen LogP contribution < -0.4 is 0 Å². The van der Waals surface area contributed by atoms with E-state index in [-0.39, 0.29) is 12.0 Å². The summed E-state index contributed by atoms with van der Waals surface area (Å²) in [7, 11) is 0. The van der Waals surface area contributed by atoms with Crippen molar-refractivity contribution < 1.29 is 17.6 Å². The molecule has 0 spiro atoms. The van der Waals surface area contributed by atoms with Crippen molar-refractivity contribution in [3.05, 3.63) is 70.8 Å². The molecule has 0 aliphatic carbocycles. The predicted molar refractivity (Wildman–Crippen MR) is 65.0 cm³/mol. The summed E-state index contributed by atoms with van der Waals surface area (Å²) in [5, 5.41) is -0.861. The molecule has 100 valence electrons. The van der Waals surface area contributed by atoms with E-state index in [1.54, 1.807) is 0 Å². The van der Waals surface area contributed by atoms with E-state index in [0.29, 0.717) is 5.56 Å². The molecule has 0 saturated heterocycles. The fourth-order valence-electron chi connectivity index (χ4n) is 1.74. The van der Waals surface area contributed by atoms with Crippen LogP contribution in [-0.4, -0.2) is 0 Å². The lowest BCUT2D eigenvalue weighted by molar-refractivity contribution is 0.506. The molecule has 2 aromatic rings. The first-order valence-electron chi connectivity index (χ1n) is 5.50. The number of alkyl halides is 1. The second kappa shape index (κ2) is 5.61. The van der Waals surface area contributed by atoms with E-state index in [2.05, 4.69) is 0 Å². The van der Waals surface area contributed by atoms with Crippen molar-refractivity contribution in [2.24, 2.45) is 0 Å². The van der Waals surface area contributed by atoms with Crippen molar-refractivity contribution in [3.8, 4) is 0 Å². The van der Waals surface area contributed by atoms with Crippen molar-refractivity contribution in [1.82, 2.24) is 0 Å². The minimum Gasteiger partial charge on any atom is -0.207 e. The molecule has 19 heavy (non-hydrogen) atoms. The second-order valence-electron chi connectivity index (χ2n) is 4.09. The average molecular weight is 289 g/mol. The molecule has 5 heteroatoms. The van der Waals surface area contributed by atoms with Gasteiger partial charge in [0.2, 0.25) is 0 Å². The summed E-state index contributed by atoms with van der Waals surface area (Å²) < 4.78 is 52.3. The van der Waals surface area contributed by atoms with Crippen LogP contribution in [0.15, 0.2) is 36.4 Å². The standard InChI is InChI=1S/C14H9ClF4/c15-11(10-7-9(16)2-4-12(10)17)5-8-1-3-13(18)14(19)6-8/h1-4,6-7,11H,5H2. The van der Waals surface area contributed by atoms with Crippen LogP contribution in [-0.2, 0) is 6.42 Å². The maximum Gasteiger partial charge on any atom is 0.159 e. The van der Waals surface area contributed by atoms with Crippen LogP contribution in [0.1, 0.15) is 16.5 Å². The highest BCUT2D eigenvalue weighted by molar-refractivity contribution is 6.20. The Hall–Kier alpha value is -1.55. The Bertz CT molecular complexity index is 598. The van der Waals surface area contributed by atoms with E-state index in [9.17, 15) is 17.6 Å². The number of hydrogen-bond donors (Lipinski definition) is 0. The molecule has 0 radical (unpaired) electrons. The highest BCUT2D eigenvalue weighted by atomic mass is 35.5. The second-order valence-corrected chi connectivity index (χ2v) is 4.61. The lowest BCUT2D eigenvalue weighted by Crippen LogP contribution is -2.01. The summed E-state index contributed by atoms with van der Waals surface area (Å²) in [6, 6.07) is 6.27. The van der Waals surface area contributed by atoms with E-state index in [4.69, 9.17) is 11.6 Å². The molecule has 0 fully saturated rings. The van der Waals surface area contributed by atoms with Crippen molar-refractivity contribution in [3.63, 3.8) is 0 Å². The van der Waals surface area contributed by atoms with E-state index in [0.717, 1.165) is 30.3 Å². The highest BCUT2D eigenvalue weighted by Crippen LogP contribution is 2.28. The van der Waals surface area contributed by atoms with Crippen LogP contribution in [0.2, 0.25) is 0 Å². The summed E-state index contributed by atoms with van der Waals surface area (Å²) >= 11 is 5.99. The summed E-state index contributed by atoms with van der Waals surface area (Å²) in [5.74, 6) is -3.20. The Morgan fingerprint density at radius 3 is 2.21 bits per heavy atom. The third-order valence-electron chi connectivity index (χ3n) is 2.69. The minimum atomic E-state index is -0.999. The van der Waals surface area contributed by atoms with Gasteiger partial charge in [0.05, 0.1) is 5.38 Å². The molecule has 0 saturated carbocycles. The molecule has 2 aromatic carbocycles. The Morgan fingerprint density at radius 2 is 1.53 bits per heavy atom. The zero-order valence-corrected chi connectivity index (χ0v) is 10.4. The molecular formula is C14H9ClF4. The van der Waals surface area contributed by atoms with Crippen molar-refractivity contribution in [2.75, 3.05) is 0 Å². The summed E-state index contributed by atoms with van der Waals surface area (Å²) in [5.41, 5.74) is 0.397. The van der Waals surface area contributed by atoms with Gasteiger partial charge in [-0.3, -0.25) is 0 Å². The fraction of sp³-hybridized carbons (Fsp3) is 0.143. The molecule has 1 unspecified atom stereocenters. The van der Waals surface area contributed by atoms with Crippen LogP contribution >= 0.6 is 11.6 Å². The molecular weight excluding hydrogens is 280 g/mol. The maximum atomic E-state index is 13.5. The van der Waals surface area contributed by atoms with E-state index < -0.39 is 28.6 Å². The Labute approximate surface area is 112 Å². The zero-order chi connectivity index (χ0) is 14.0. The first kappa shape index (κ1) is 13.9.